The van der Waals surface area contributed by atoms with Crippen LogP contribution < -0.4 is 10.5 Å². The first-order chi connectivity index (χ1) is 17.0. The Morgan fingerprint density at radius 2 is 1.97 bits per heavy atom. The number of hydrogen-bond donors (Lipinski definition) is 3. The van der Waals surface area contributed by atoms with E-state index in [2.05, 4.69) is 12.2 Å². The van der Waals surface area contributed by atoms with Gasteiger partial charge in [-0.2, -0.15) is 5.26 Å². The number of piperidine rings is 1. The van der Waals surface area contributed by atoms with Crippen molar-refractivity contribution in [2.75, 3.05) is 0 Å². The van der Waals surface area contributed by atoms with E-state index >= 15 is 0 Å². The number of hydrogen-bond acceptors (Lipinski definition) is 5. The highest BCUT2D eigenvalue weighted by atomic mass is 32.2. The molecule has 2 amide bonds. The Balaban J connectivity index is 1.30. The summed E-state index contributed by atoms with van der Waals surface area (Å²) in [5.74, 6) is -0.177. The highest BCUT2D eigenvalue weighted by molar-refractivity contribution is 7.89. The van der Waals surface area contributed by atoms with Crippen molar-refractivity contribution in [3.63, 3.8) is 0 Å². The number of sulfonamides is 1. The normalized spacial score (nSPS) is 28.8. The lowest BCUT2D eigenvalue weighted by Crippen LogP contribution is -2.54. The van der Waals surface area contributed by atoms with Crippen LogP contribution in [0.4, 0.5) is 9.18 Å². The topological polar surface area (TPSA) is 154 Å². The summed E-state index contributed by atoms with van der Waals surface area (Å²) in [6.07, 6.45) is -0.590. The summed E-state index contributed by atoms with van der Waals surface area (Å²) in [7, 11) is -3.92. The molecule has 0 aromatic heterocycles. The van der Waals surface area contributed by atoms with Gasteiger partial charge in [-0.15, -0.1) is 0 Å². The highest BCUT2D eigenvalue weighted by Crippen LogP contribution is 2.67. The van der Waals surface area contributed by atoms with Crippen molar-refractivity contribution < 1.29 is 27.5 Å². The van der Waals surface area contributed by atoms with Crippen molar-refractivity contribution in [1.29, 1.82) is 5.26 Å². The minimum absolute atomic E-state index is 0.0606. The van der Waals surface area contributed by atoms with Gasteiger partial charge in [-0.3, -0.25) is 9.69 Å². The van der Waals surface area contributed by atoms with E-state index in [0.29, 0.717) is 35.3 Å². The van der Waals surface area contributed by atoms with Crippen LogP contribution >= 0.6 is 0 Å². The lowest BCUT2D eigenvalue weighted by atomic mass is 9.94. The molecule has 3 aliphatic rings. The van der Waals surface area contributed by atoms with Crippen molar-refractivity contribution in [1.82, 2.24) is 10.2 Å². The molecule has 11 heteroatoms. The number of primary sulfonamides is 1. The molecule has 36 heavy (non-hydrogen) atoms. The Kier molecular flexibility index (Phi) is 5.76. The average molecular weight is 513 g/mol. The minimum atomic E-state index is -3.92. The number of carbonyl (C=O) groups is 2. The first-order valence-electron chi connectivity index (χ1n) is 11.6. The van der Waals surface area contributed by atoms with E-state index in [0.717, 1.165) is 0 Å². The van der Waals surface area contributed by atoms with Crippen LogP contribution in [0.2, 0.25) is 0 Å². The highest BCUT2D eigenvalue weighted by Gasteiger charge is 2.71. The van der Waals surface area contributed by atoms with E-state index in [1.54, 1.807) is 12.1 Å². The molecule has 188 valence electrons. The number of amides is 2. The van der Waals surface area contributed by atoms with E-state index in [9.17, 15) is 32.8 Å². The van der Waals surface area contributed by atoms with Crippen LogP contribution in [0, 0.1) is 40.8 Å². The van der Waals surface area contributed by atoms with Crippen LogP contribution in [0.1, 0.15) is 18.9 Å². The second kappa shape index (κ2) is 8.57. The first kappa shape index (κ1) is 24.2. The van der Waals surface area contributed by atoms with Crippen molar-refractivity contribution in [2.45, 2.75) is 42.8 Å². The van der Waals surface area contributed by atoms with Crippen LogP contribution in [0.3, 0.4) is 0 Å². The van der Waals surface area contributed by atoms with Crippen molar-refractivity contribution in [3.05, 3.63) is 53.8 Å². The number of carboxylic acid groups (broad SMARTS) is 1. The Morgan fingerprint density at radius 3 is 2.61 bits per heavy atom. The van der Waals surface area contributed by atoms with Gasteiger partial charge in [0.05, 0.1) is 11.0 Å². The van der Waals surface area contributed by atoms with Crippen LogP contribution in [-0.4, -0.2) is 48.6 Å². The summed E-state index contributed by atoms with van der Waals surface area (Å²) < 4.78 is 38.2. The zero-order chi connectivity index (χ0) is 25.9. The minimum Gasteiger partial charge on any atom is -0.465 e. The lowest BCUT2D eigenvalue weighted by molar-refractivity contribution is -0.127. The number of nitriles is 1. The molecule has 2 bridgehead atoms. The number of halogens is 1. The smallest absolute Gasteiger partial charge is 0.408 e. The number of benzene rings is 2. The maximum Gasteiger partial charge on any atom is 0.408 e. The molecule has 1 saturated heterocycles. The van der Waals surface area contributed by atoms with Gasteiger partial charge in [0, 0.05) is 12.5 Å². The second-order valence-electron chi connectivity index (χ2n) is 9.89. The maximum absolute atomic E-state index is 14.9. The fraction of sp³-hybridized carbons (Fsp3) is 0.400. The fourth-order valence-electron chi connectivity index (χ4n) is 6.38. The predicted molar refractivity (Wildman–Crippen MR) is 126 cm³/mol. The van der Waals surface area contributed by atoms with Gasteiger partial charge in [0.15, 0.2) is 0 Å². The summed E-state index contributed by atoms with van der Waals surface area (Å²) in [5, 5.41) is 27.1. The number of nitrogens with zero attached hydrogens (tertiary/aromatic N) is 2. The van der Waals surface area contributed by atoms with E-state index in [4.69, 9.17) is 5.14 Å². The van der Waals surface area contributed by atoms with Gasteiger partial charge in [-0.25, -0.2) is 22.7 Å². The molecule has 2 aromatic carbocycles. The Labute approximate surface area is 207 Å². The lowest BCUT2D eigenvalue weighted by Gasteiger charge is -2.32. The Bertz CT molecular complexity index is 1410. The second-order valence-corrected chi connectivity index (χ2v) is 11.5. The molecule has 2 saturated carbocycles. The standard InChI is InChI=1S/C25H25FN4O5S/c1-12-21-18-10-20(22(12)21)30(25(32)33)23(18)24(31)29-16(11-27)7-15-6-5-14(9-19(15)26)13-3-2-4-17(8-13)36(28,34)35/h2-6,8-9,12,16,18,20-23H,7,10H2,1H3,(H,29,31)(H,32,33)(H2,28,34,35)/t12-,16-,18+,20-,21-,22+,23-/m0/s1. The van der Waals surface area contributed by atoms with Crippen molar-refractivity contribution in [3.8, 4) is 17.2 Å². The Hall–Kier alpha value is -3.49. The first-order valence-corrected chi connectivity index (χ1v) is 13.2. The predicted octanol–water partition coefficient (Wildman–Crippen LogP) is 2.32. The molecule has 0 unspecified atom stereocenters. The molecule has 9 nitrogen and oxygen atoms in total. The number of nitrogens with one attached hydrogen (secondary N) is 1. The molecule has 2 aliphatic carbocycles. The third kappa shape index (κ3) is 4.00. The molecule has 1 aliphatic heterocycles. The third-order valence-corrected chi connectivity index (χ3v) is 8.88. The van der Waals surface area contributed by atoms with E-state index < -0.39 is 39.9 Å². The Morgan fingerprint density at radius 1 is 1.25 bits per heavy atom. The number of likely N-dealkylation sites (tertiary alicyclic amines) is 1. The van der Waals surface area contributed by atoms with Gasteiger partial charge in [0.2, 0.25) is 15.9 Å². The fourth-order valence-corrected chi connectivity index (χ4v) is 6.94. The largest absolute Gasteiger partial charge is 0.465 e. The van der Waals surface area contributed by atoms with Crippen LogP contribution in [0.15, 0.2) is 47.4 Å². The van der Waals surface area contributed by atoms with E-state index in [1.807, 2.05) is 6.07 Å². The zero-order valence-electron chi connectivity index (χ0n) is 19.3. The molecule has 5 rings (SSSR count). The van der Waals surface area contributed by atoms with Gasteiger partial charge < -0.3 is 10.4 Å². The van der Waals surface area contributed by atoms with Gasteiger partial charge in [-0.1, -0.05) is 31.2 Å². The quantitative estimate of drug-likeness (QED) is 0.540. The SMILES string of the molecule is C[C@H]1[C@H]2[C@H]3C[C@@H]([C@@H]12)N(C(=O)O)[C@@H]3C(=O)N[C@H](C#N)Cc1ccc(-c2cccc(S(N)(=O)=O)c2)cc1F. The molecule has 1 heterocycles. The van der Waals surface area contributed by atoms with Crippen molar-refractivity contribution in [2.24, 2.45) is 28.8 Å². The number of rotatable bonds is 6. The van der Waals surface area contributed by atoms with Gasteiger partial charge in [0.1, 0.15) is 17.9 Å². The number of fused-ring (bicyclic) bond motifs is 5. The summed E-state index contributed by atoms with van der Waals surface area (Å²) in [4.78, 5) is 26.1. The van der Waals surface area contributed by atoms with E-state index in [-0.39, 0.29) is 28.8 Å². The number of carbonyl (C=O) groups excluding carboxylic acids is 1. The summed E-state index contributed by atoms with van der Waals surface area (Å²) in [6, 6.07) is 10.0. The molecule has 0 spiro atoms. The van der Waals surface area contributed by atoms with Crippen LogP contribution in [0.5, 0.6) is 0 Å². The summed E-state index contributed by atoms with van der Waals surface area (Å²) >= 11 is 0. The van der Waals surface area contributed by atoms with Gasteiger partial charge in [0.25, 0.3) is 0 Å². The van der Waals surface area contributed by atoms with Crippen molar-refractivity contribution >= 4 is 22.0 Å². The van der Waals surface area contributed by atoms with Crippen LogP contribution in [-0.2, 0) is 21.2 Å². The van der Waals surface area contributed by atoms with Gasteiger partial charge in [-0.05, 0) is 65.0 Å². The molecule has 0 radical (unpaired) electrons. The van der Waals surface area contributed by atoms with Crippen LogP contribution in [0.25, 0.3) is 11.1 Å². The maximum atomic E-state index is 14.9. The zero-order valence-corrected chi connectivity index (χ0v) is 20.2. The summed E-state index contributed by atoms with van der Waals surface area (Å²) in [6.45, 7) is 2.07. The molecule has 3 fully saturated rings. The summed E-state index contributed by atoms with van der Waals surface area (Å²) in [5.41, 5.74) is 1.06. The molecule has 7 atom stereocenters. The molecule has 2 aromatic rings. The third-order valence-electron chi connectivity index (χ3n) is 7.97. The molecular weight excluding hydrogens is 487 g/mol. The number of nitrogens with two attached hydrogens (primary N) is 1. The average Bonchev–Trinajstić information content (AvgIpc) is 3.17. The van der Waals surface area contributed by atoms with Gasteiger partial charge >= 0.3 is 6.09 Å². The monoisotopic (exact) mass is 512 g/mol. The molecule has 4 N–H and O–H groups in total. The molecular formula is C25H25FN4O5S. The van der Waals surface area contributed by atoms with E-state index in [1.165, 1.54) is 35.2 Å².